The molecule has 32 heavy (non-hydrogen) atoms. The molecule has 2 fully saturated rings. The minimum absolute atomic E-state index is 0.0607. The molecular formula is C24H27F3N4O. The van der Waals surface area contributed by atoms with Crippen LogP contribution in [0.4, 0.5) is 13.2 Å². The summed E-state index contributed by atoms with van der Waals surface area (Å²) in [5.74, 6) is 0. The molecule has 0 unspecified atom stereocenters. The number of ether oxygens (including phenoxy) is 1. The number of halogens is 3. The Morgan fingerprint density at radius 2 is 1.97 bits per heavy atom. The van der Waals surface area contributed by atoms with Gasteiger partial charge < -0.3 is 10.1 Å². The Labute approximate surface area is 186 Å². The van der Waals surface area contributed by atoms with Crippen LogP contribution in [-0.4, -0.2) is 28.7 Å². The molecule has 1 N–H and O–H groups in total. The standard InChI is InChI=1S/C24H27F3N4O/c25-24(26,27)21-19(14-28)13-18(16-31-21)15-29-11-8-22(20-5-1-4-10-30-20)9-12-32-23(17-22)6-2-3-7-23/h1,4-5,10,13,16,29H,2-3,6-9,11-12,15,17H2/t22-/m1/s1. The summed E-state index contributed by atoms with van der Waals surface area (Å²) in [5.41, 5.74) is -0.0988. The van der Waals surface area contributed by atoms with Gasteiger partial charge >= 0.3 is 6.18 Å². The summed E-state index contributed by atoms with van der Waals surface area (Å²) >= 11 is 0. The van der Waals surface area contributed by atoms with E-state index in [0.717, 1.165) is 37.8 Å². The van der Waals surface area contributed by atoms with Gasteiger partial charge in [-0.15, -0.1) is 0 Å². The van der Waals surface area contributed by atoms with E-state index in [1.165, 1.54) is 25.1 Å². The van der Waals surface area contributed by atoms with E-state index in [0.29, 0.717) is 25.3 Å². The van der Waals surface area contributed by atoms with Crippen molar-refractivity contribution in [1.29, 1.82) is 5.26 Å². The third-order valence-corrected chi connectivity index (χ3v) is 6.82. The van der Waals surface area contributed by atoms with Gasteiger partial charge in [0.25, 0.3) is 0 Å². The number of alkyl halides is 3. The normalized spacial score (nSPS) is 22.7. The van der Waals surface area contributed by atoms with Gasteiger partial charge in [-0.3, -0.25) is 9.97 Å². The maximum Gasteiger partial charge on any atom is 0.434 e. The zero-order chi connectivity index (χ0) is 22.7. The van der Waals surface area contributed by atoms with Crippen LogP contribution in [0.3, 0.4) is 0 Å². The number of nitriles is 1. The zero-order valence-corrected chi connectivity index (χ0v) is 17.9. The fraction of sp³-hybridized carbons (Fsp3) is 0.542. The largest absolute Gasteiger partial charge is 0.434 e. The third kappa shape index (κ3) is 4.79. The molecule has 1 atom stereocenters. The summed E-state index contributed by atoms with van der Waals surface area (Å²) in [6.45, 7) is 1.74. The molecule has 2 aromatic rings. The number of aromatic nitrogens is 2. The minimum atomic E-state index is -4.63. The van der Waals surface area contributed by atoms with Crippen LogP contribution in [0.2, 0.25) is 0 Å². The molecule has 5 nitrogen and oxygen atoms in total. The lowest BCUT2D eigenvalue weighted by Crippen LogP contribution is -2.47. The second-order valence-electron chi connectivity index (χ2n) is 8.94. The van der Waals surface area contributed by atoms with Crippen molar-refractivity contribution in [2.45, 2.75) is 68.7 Å². The van der Waals surface area contributed by atoms with Crippen LogP contribution >= 0.6 is 0 Å². The molecule has 1 saturated carbocycles. The topological polar surface area (TPSA) is 70.8 Å². The monoisotopic (exact) mass is 444 g/mol. The number of hydrogen-bond acceptors (Lipinski definition) is 5. The first kappa shape index (κ1) is 22.7. The predicted octanol–water partition coefficient (Wildman–Crippen LogP) is 4.91. The fourth-order valence-corrected chi connectivity index (χ4v) is 5.27. The van der Waals surface area contributed by atoms with Crippen LogP contribution in [-0.2, 0) is 22.9 Å². The summed E-state index contributed by atoms with van der Waals surface area (Å²) in [7, 11) is 0. The molecule has 3 heterocycles. The van der Waals surface area contributed by atoms with E-state index in [9.17, 15) is 13.2 Å². The molecule has 170 valence electrons. The van der Waals surface area contributed by atoms with E-state index < -0.39 is 17.4 Å². The number of hydrogen-bond donors (Lipinski definition) is 1. The smallest absolute Gasteiger partial charge is 0.375 e. The molecule has 2 aromatic heterocycles. The highest BCUT2D eigenvalue weighted by Gasteiger charge is 2.48. The highest BCUT2D eigenvalue weighted by Crippen LogP contribution is 2.49. The van der Waals surface area contributed by atoms with Crippen LogP contribution in [0, 0.1) is 11.3 Å². The van der Waals surface area contributed by atoms with Crippen molar-refractivity contribution in [1.82, 2.24) is 15.3 Å². The number of pyridine rings is 2. The molecule has 2 aliphatic rings. The average molecular weight is 445 g/mol. The highest BCUT2D eigenvalue weighted by atomic mass is 19.4. The predicted molar refractivity (Wildman–Crippen MR) is 113 cm³/mol. The summed E-state index contributed by atoms with van der Waals surface area (Å²) in [6, 6.07) is 8.90. The van der Waals surface area contributed by atoms with Crippen LogP contribution in [0.5, 0.6) is 0 Å². The van der Waals surface area contributed by atoms with E-state index in [4.69, 9.17) is 10.00 Å². The van der Waals surface area contributed by atoms with Crippen LogP contribution < -0.4 is 5.32 Å². The molecule has 0 aromatic carbocycles. The molecular weight excluding hydrogens is 417 g/mol. The fourth-order valence-electron chi connectivity index (χ4n) is 5.27. The quantitative estimate of drug-likeness (QED) is 0.641. The van der Waals surface area contributed by atoms with E-state index in [1.807, 2.05) is 18.3 Å². The van der Waals surface area contributed by atoms with E-state index >= 15 is 0 Å². The maximum absolute atomic E-state index is 13.0. The van der Waals surface area contributed by atoms with Crippen molar-refractivity contribution >= 4 is 0 Å². The molecule has 1 aliphatic carbocycles. The number of rotatable bonds is 6. The van der Waals surface area contributed by atoms with Gasteiger partial charge in [-0.1, -0.05) is 18.9 Å². The Kier molecular flexibility index (Phi) is 6.50. The van der Waals surface area contributed by atoms with E-state index in [2.05, 4.69) is 21.4 Å². The summed E-state index contributed by atoms with van der Waals surface area (Å²) < 4.78 is 45.2. The van der Waals surface area contributed by atoms with Crippen molar-refractivity contribution in [3.05, 3.63) is 59.2 Å². The van der Waals surface area contributed by atoms with Crippen LogP contribution in [0.1, 0.15) is 67.5 Å². The number of nitrogens with one attached hydrogen (secondary N) is 1. The first-order valence-corrected chi connectivity index (χ1v) is 11.1. The summed E-state index contributed by atoms with van der Waals surface area (Å²) in [6.07, 6.45) is 5.64. The Hall–Kier alpha value is -2.50. The van der Waals surface area contributed by atoms with Gasteiger partial charge in [-0.05, 0) is 62.4 Å². The highest BCUT2D eigenvalue weighted by molar-refractivity contribution is 5.37. The summed E-state index contributed by atoms with van der Waals surface area (Å²) in [4.78, 5) is 8.17. The molecule has 0 bridgehead atoms. The summed E-state index contributed by atoms with van der Waals surface area (Å²) in [5, 5.41) is 12.4. The van der Waals surface area contributed by atoms with Crippen molar-refractivity contribution in [2.24, 2.45) is 0 Å². The van der Waals surface area contributed by atoms with Gasteiger partial charge in [-0.25, -0.2) is 0 Å². The molecule has 4 rings (SSSR count). The van der Waals surface area contributed by atoms with Crippen LogP contribution in [0.15, 0.2) is 36.7 Å². The lowest BCUT2D eigenvalue weighted by atomic mass is 9.68. The van der Waals surface area contributed by atoms with Gasteiger partial charge in [0.1, 0.15) is 6.07 Å². The SMILES string of the molecule is N#Cc1cc(CNCC[C@@]2(c3ccccn3)CCOC3(CCCC3)C2)cnc1C(F)(F)F. The Morgan fingerprint density at radius 3 is 2.66 bits per heavy atom. The Balaban J connectivity index is 1.44. The van der Waals surface area contributed by atoms with Crippen molar-refractivity contribution < 1.29 is 17.9 Å². The Bertz CT molecular complexity index is 967. The van der Waals surface area contributed by atoms with Crippen molar-refractivity contribution in [2.75, 3.05) is 13.2 Å². The van der Waals surface area contributed by atoms with Crippen molar-refractivity contribution in [3.8, 4) is 6.07 Å². The van der Waals surface area contributed by atoms with Gasteiger partial charge in [0.2, 0.25) is 0 Å². The molecule has 1 saturated heterocycles. The molecule has 8 heteroatoms. The first-order valence-electron chi connectivity index (χ1n) is 11.1. The first-order chi connectivity index (χ1) is 15.4. The lowest BCUT2D eigenvalue weighted by molar-refractivity contribution is -0.141. The second-order valence-corrected chi connectivity index (χ2v) is 8.94. The van der Waals surface area contributed by atoms with Gasteiger partial charge in [0, 0.05) is 36.7 Å². The van der Waals surface area contributed by atoms with Gasteiger partial charge in [-0.2, -0.15) is 18.4 Å². The average Bonchev–Trinajstić information content (AvgIpc) is 3.23. The number of nitrogens with zero attached hydrogens (tertiary/aromatic N) is 3. The molecule has 1 aliphatic heterocycles. The third-order valence-electron chi connectivity index (χ3n) is 6.82. The lowest BCUT2D eigenvalue weighted by Gasteiger charge is -2.46. The van der Waals surface area contributed by atoms with E-state index in [1.54, 1.807) is 6.07 Å². The van der Waals surface area contributed by atoms with E-state index in [-0.39, 0.29) is 11.0 Å². The van der Waals surface area contributed by atoms with Gasteiger partial charge in [0.05, 0.1) is 11.2 Å². The maximum atomic E-state index is 13.0. The zero-order valence-electron chi connectivity index (χ0n) is 17.9. The minimum Gasteiger partial charge on any atom is -0.375 e. The van der Waals surface area contributed by atoms with Gasteiger partial charge in [0.15, 0.2) is 5.69 Å². The molecule has 0 amide bonds. The Morgan fingerprint density at radius 1 is 1.16 bits per heavy atom. The van der Waals surface area contributed by atoms with Crippen molar-refractivity contribution in [3.63, 3.8) is 0 Å². The van der Waals surface area contributed by atoms with Crippen LogP contribution in [0.25, 0.3) is 0 Å². The molecule has 0 radical (unpaired) electrons. The second kappa shape index (κ2) is 9.16. The molecule has 1 spiro atoms.